The van der Waals surface area contributed by atoms with Crippen LogP contribution in [0.4, 0.5) is 34.9 Å². The first-order valence-electron chi connectivity index (χ1n) is 12.3. The fraction of sp³-hybridized carbons (Fsp3) is 0.250. The van der Waals surface area contributed by atoms with Crippen LogP contribution in [-0.2, 0) is 12.7 Å². The van der Waals surface area contributed by atoms with Crippen molar-refractivity contribution in [2.24, 2.45) is 0 Å². The van der Waals surface area contributed by atoms with Gasteiger partial charge in [-0.3, -0.25) is 9.36 Å². The van der Waals surface area contributed by atoms with E-state index in [4.69, 9.17) is 0 Å². The van der Waals surface area contributed by atoms with Gasteiger partial charge in [-0.2, -0.15) is 18.2 Å². The number of hydrogen-bond donors (Lipinski definition) is 2. The highest BCUT2D eigenvalue weighted by Gasteiger charge is 2.33. The molecule has 0 atom stereocenters. The molecule has 7 nitrogen and oxygen atoms in total. The minimum atomic E-state index is -4.60. The predicted octanol–water partition coefficient (Wildman–Crippen LogP) is 4.52. The summed E-state index contributed by atoms with van der Waals surface area (Å²) >= 11 is 0. The second-order valence-corrected chi connectivity index (χ2v) is 8.98. The van der Waals surface area contributed by atoms with Crippen LogP contribution in [-0.4, -0.2) is 40.7 Å². The van der Waals surface area contributed by atoms with Crippen LogP contribution in [0.2, 0.25) is 0 Å². The molecule has 5 rings (SSSR count). The smallest absolute Gasteiger partial charge is 0.367 e. The van der Waals surface area contributed by atoms with Gasteiger partial charge in [-0.1, -0.05) is 24.1 Å². The van der Waals surface area contributed by atoms with Gasteiger partial charge < -0.3 is 15.5 Å². The maximum atomic E-state index is 14.9. The molecule has 0 aliphatic carbocycles. The molecule has 0 bridgehead atoms. The van der Waals surface area contributed by atoms with Gasteiger partial charge in [0.1, 0.15) is 11.5 Å². The highest BCUT2D eigenvalue weighted by Crippen LogP contribution is 2.32. The molecule has 1 saturated heterocycles. The maximum absolute atomic E-state index is 14.9. The number of fused-ring (bicyclic) bond motifs is 1. The molecule has 0 unspecified atom stereocenters. The number of piperazine rings is 1. The molecule has 1 aliphatic rings. The van der Waals surface area contributed by atoms with E-state index in [-0.39, 0.29) is 29.3 Å². The van der Waals surface area contributed by atoms with Crippen molar-refractivity contribution in [3.63, 3.8) is 0 Å². The van der Waals surface area contributed by atoms with Crippen molar-refractivity contribution in [3.05, 3.63) is 87.6 Å². The number of nitrogens with one attached hydrogen (secondary N) is 2. The zero-order valence-electron chi connectivity index (χ0n) is 20.9. The number of halogens is 4. The van der Waals surface area contributed by atoms with E-state index >= 15 is 0 Å². The number of anilines is 3. The monoisotopic (exact) mass is 536 g/mol. The second-order valence-electron chi connectivity index (χ2n) is 8.98. The molecule has 0 saturated carbocycles. The molecule has 39 heavy (non-hydrogen) atoms. The van der Waals surface area contributed by atoms with Gasteiger partial charge in [0.05, 0.1) is 23.4 Å². The van der Waals surface area contributed by atoms with Crippen molar-refractivity contribution in [3.8, 4) is 11.8 Å². The van der Waals surface area contributed by atoms with E-state index < -0.39 is 23.1 Å². The van der Waals surface area contributed by atoms with E-state index in [1.165, 1.54) is 36.5 Å². The lowest BCUT2D eigenvalue weighted by Crippen LogP contribution is -2.43. The summed E-state index contributed by atoms with van der Waals surface area (Å²) in [4.78, 5) is 23.9. The SMILES string of the molecule is CC#Cc1cc2cnc(Nc3ccc(N4CCNCC4)c(F)c3)nc2n(Cc2ccccc2C(F)(F)F)c1=O. The van der Waals surface area contributed by atoms with E-state index in [1.807, 2.05) is 4.90 Å². The van der Waals surface area contributed by atoms with E-state index in [9.17, 15) is 22.4 Å². The number of hydrogen-bond acceptors (Lipinski definition) is 6. The Morgan fingerprint density at radius 3 is 2.59 bits per heavy atom. The Morgan fingerprint density at radius 2 is 1.87 bits per heavy atom. The summed E-state index contributed by atoms with van der Waals surface area (Å²) in [5.41, 5.74) is -0.403. The average molecular weight is 537 g/mol. The van der Waals surface area contributed by atoms with Crippen molar-refractivity contribution in [1.29, 1.82) is 0 Å². The summed E-state index contributed by atoms with van der Waals surface area (Å²) in [5, 5.41) is 6.58. The highest BCUT2D eigenvalue weighted by atomic mass is 19.4. The zero-order chi connectivity index (χ0) is 27.6. The molecule has 4 aromatic rings. The van der Waals surface area contributed by atoms with Crippen molar-refractivity contribution >= 4 is 28.4 Å². The van der Waals surface area contributed by atoms with Crippen LogP contribution >= 0.6 is 0 Å². The summed E-state index contributed by atoms with van der Waals surface area (Å²) in [6, 6.07) is 11.3. The zero-order valence-corrected chi connectivity index (χ0v) is 20.9. The van der Waals surface area contributed by atoms with Crippen LogP contribution in [0, 0.1) is 17.7 Å². The number of pyridine rings is 1. The molecule has 1 aliphatic heterocycles. The number of alkyl halides is 3. The lowest BCUT2D eigenvalue weighted by atomic mass is 10.1. The first-order valence-corrected chi connectivity index (χ1v) is 12.3. The quantitative estimate of drug-likeness (QED) is 0.289. The van der Waals surface area contributed by atoms with Crippen molar-refractivity contribution < 1.29 is 17.6 Å². The third-order valence-electron chi connectivity index (χ3n) is 6.40. The lowest BCUT2D eigenvalue weighted by Gasteiger charge is -2.29. The maximum Gasteiger partial charge on any atom is 0.416 e. The predicted molar refractivity (Wildman–Crippen MR) is 142 cm³/mol. The van der Waals surface area contributed by atoms with Crippen LogP contribution in [0.15, 0.2) is 59.5 Å². The molecule has 2 aromatic heterocycles. The standard InChI is InChI=1S/C28H24F4N6O/c1-2-5-18-14-20-16-34-27(35-21-8-9-24(23(29)15-21)37-12-10-33-11-13-37)36-25(20)38(26(18)39)17-19-6-3-4-7-22(19)28(30,31)32/h3-4,6-9,14-16,33H,10-13,17H2,1H3,(H,34,35,36). The van der Waals surface area contributed by atoms with E-state index in [2.05, 4.69) is 32.4 Å². The minimum Gasteiger partial charge on any atom is -0.367 e. The van der Waals surface area contributed by atoms with Gasteiger partial charge in [0.2, 0.25) is 5.95 Å². The minimum absolute atomic E-state index is 0.0587. The molecule has 0 amide bonds. The van der Waals surface area contributed by atoms with Gasteiger partial charge in [-0.05, 0) is 42.8 Å². The fourth-order valence-corrected chi connectivity index (χ4v) is 4.57. The number of benzene rings is 2. The first kappa shape index (κ1) is 26.2. The molecule has 1 fully saturated rings. The molecular weight excluding hydrogens is 512 g/mol. The van der Waals surface area contributed by atoms with E-state index in [1.54, 1.807) is 19.1 Å². The summed E-state index contributed by atoms with van der Waals surface area (Å²) in [6.07, 6.45) is -3.15. The van der Waals surface area contributed by atoms with Crippen LogP contribution < -0.4 is 21.1 Å². The summed E-state index contributed by atoms with van der Waals surface area (Å²) in [5.74, 6) is 5.01. The molecular formula is C28H24F4N6O. The Hall–Kier alpha value is -4.43. The third-order valence-corrected chi connectivity index (χ3v) is 6.40. The normalized spacial score (nSPS) is 13.7. The number of nitrogens with zero attached hydrogens (tertiary/aromatic N) is 4. The Balaban J connectivity index is 1.54. The number of rotatable bonds is 5. The van der Waals surface area contributed by atoms with Gasteiger partial charge >= 0.3 is 6.18 Å². The first-order chi connectivity index (χ1) is 18.7. The Labute approximate surface area is 221 Å². The second kappa shape index (κ2) is 10.7. The van der Waals surface area contributed by atoms with Gasteiger partial charge in [-0.25, -0.2) is 9.37 Å². The van der Waals surface area contributed by atoms with Gasteiger partial charge in [0, 0.05) is 43.4 Å². The van der Waals surface area contributed by atoms with E-state index in [0.717, 1.165) is 23.7 Å². The van der Waals surface area contributed by atoms with Gasteiger partial charge in [0.25, 0.3) is 5.56 Å². The van der Waals surface area contributed by atoms with Gasteiger partial charge in [-0.15, -0.1) is 5.92 Å². The molecule has 2 aromatic carbocycles. The van der Waals surface area contributed by atoms with Crippen molar-refractivity contribution in [2.45, 2.75) is 19.6 Å². The van der Waals surface area contributed by atoms with E-state index in [0.29, 0.717) is 29.9 Å². The van der Waals surface area contributed by atoms with Crippen molar-refractivity contribution in [1.82, 2.24) is 19.9 Å². The molecule has 3 heterocycles. The van der Waals surface area contributed by atoms with Crippen molar-refractivity contribution in [2.75, 3.05) is 36.4 Å². The summed E-state index contributed by atoms with van der Waals surface area (Å²) < 4.78 is 57.1. The lowest BCUT2D eigenvalue weighted by molar-refractivity contribution is -0.138. The molecule has 200 valence electrons. The Kier molecular flexibility index (Phi) is 7.21. The van der Waals surface area contributed by atoms with Crippen LogP contribution in [0.5, 0.6) is 0 Å². The van der Waals surface area contributed by atoms with Crippen LogP contribution in [0.1, 0.15) is 23.6 Å². The number of aromatic nitrogens is 3. The fourth-order valence-electron chi connectivity index (χ4n) is 4.57. The summed E-state index contributed by atoms with van der Waals surface area (Å²) in [6.45, 7) is 4.10. The van der Waals surface area contributed by atoms with Crippen LogP contribution in [0.25, 0.3) is 11.0 Å². The largest absolute Gasteiger partial charge is 0.416 e. The third kappa shape index (κ3) is 5.56. The molecule has 2 N–H and O–H groups in total. The summed E-state index contributed by atoms with van der Waals surface area (Å²) in [7, 11) is 0. The van der Waals surface area contributed by atoms with Crippen LogP contribution in [0.3, 0.4) is 0 Å². The average Bonchev–Trinajstić information content (AvgIpc) is 2.92. The topological polar surface area (TPSA) is 75.1 Å². The highest BCUT2D eigenvalue weighted by molar-refractivity contribution is 5.77. The molecule has 0 spiro atoms. The molecule has 0 radical (unpaired) electrons. The molecule has 11 heteroatoms. The Morgan fingerprint density at radius 1 is 1.10 bits per heavy atom. The van der Waals surface area contributed by atoms with Gasteiger partial charge in [0.15, 0.2) is 0 Å². The Bertz CT molecular complexity index is 1650.